The molecule has 1 aromatic carbocycles. The number of carbonyl (C=O) groups excluding carboxylic acids is 2. The van der Waals surface area contributed by atoms with Crippen molar-refractivity contribution in [2.24, 2.45) is 0 Å². The van der Waals surface area contributed by atoms with Crippen molar-refractivity contribution in [3.05, 3.63) is 42.1 Å². The van der Waals surface area contributed by atoms with Gasteiger partial charge in [-0.2, -0.15) is 0 Å². The summed E-state index contributed by atoms with van der Waals surface area (Å²) in [7, 11) is 0. The van der Waals surface area contributed by atoms with Gasteiger partial charge in [0.15, 0.2) is 12.3 Å². The van der Waals surface area contributed by atoms with E-state index in [0.717, 1.165) is 31.8 Å². The number of nitrogens with one attached hydrogen (secondary N) is 1. The van der Waals surface area contributed by atoms with Gasteiger partial charge in [-0.3, -0.25) is 14.5 Å². The van der Waals surface area contributed by atoms with E-state index >= 15 is 0 Å². The van der Waals surface area contributed by atoms with Crippen LogP contribution >= 0.6 is 0 Å². The predicted octanol–water partition coefficient (Wildman–Crippen LogP) is 5.17. The van der Waals surface area contributed by atoms with Crippen molar-refractivity contribution in [1.29, 1.82) is 0 Å². The van der Waals surface area contributed by atoms with Gasteiger partial charge in [-0.05, 0) is 37.2 Å². The summed E-state index contributed by atoms with van der Waals surface area (Å²) in [6.45, 7) is 5.82. The molecule has 0 bridgehead atoms. The fourth-order valence-corrected chi connectivity index (χ4v) is 4.41. The fourth-order valence-electron chi connectivity index (χ4n) is 4.41. The van der Waals surface area contributed by atoms with Crippen molar-refractivity contribution < 1.29 is 36.7 Å². The number of piperazine rings is 1. The Bertz CT molecular complexity index is 1040. The lowest BCUT2D eigenvalue weighted by Gasteiger charge is -2.34. The van der Waals surface area contributed by atoms with Crippen LogP contribution in [0.15, 0.2) is 34.9 Å². The number of aromatic nitrogens is 1. The molecule has 0 saturated carbocycles. The number of carbonyl (C=O) groups is 2. The molecule has 0 spiro atoms. The molecule has 0 radical (unpaired) electrons. The van der Waals surface area contributed by atoms with Crippen LogP contribution in [0.4, 0.5) is 13.2 Å². The average molecular weight is 569 g/mol. The average Bonchev–Trinajstić information content (AvgIpc) is 3.41. The SMILES string of the molecule is CCCCCCCCCCN1CCN(C(=O)c2coc(CNC(=O)COc3ccc(OC(F)(F)F)cc3)n2)CC1. The second kappa shape index (κ2) is 16.1. The minimum absolute atomic E-state index is 0.0415. The number of hydrogen-bond donors (Lipinski definition) is 1. The molecule has 0 aliphatic carbocycles. The lowest BCUT2D eigenvalue weighted by molar-refractivity contribution is -0.274. The lowest BCUT2D eigenvalue weighted by Crippen LogP contribution is -2.48. The highest BCUT2D eigenvalue weighted by Gasteiger charge is 2.31. The predicted molar refractivity (Wildman–Crippen MR) is 142 cm³/mol. The number of oxazole rings is 1. The Balaban J connectivity index is 1.30. The standard InChI is InChI=1S/C28H39F3N4O5/c1-2-3-4-5-6-7-8-9-14-34-15-17-35(18-16-34)27(37)24-20-39-26(33-24)19-32-25(36)21-38-22-10-12-23(13-11-22)40-28(29,30)31/h10-13,20H,2-9,14-19,21H2,1H3,(H,32,36). The highest BCUT2D eigenvalue weighted by atomic mass is 19.4. The summed E-state index contributed by atoms with van der Waals surface area (Å²) in [6.07, 6.45) is 6.85. The van der Waals surface area contributed by atoms with Crippen molar-refractivity contribution in [2.45, 2.75) is 71.2 Å². The zero-order chi connectivity index (χ0) is 28.8. The molecule has 0 unspecified atom stereocenters. The third-order valence-electron chi connectivity index (χ3n) is 6.62. The van der Waals surface area contributed by atoms with Crippen molar-refractivity contribution in [2.75, 3.05) is 39.3 Å². The maximum absolute atomic E-state index is 12.8. The van der Waals surface area contributed by atoms with Crippen LogP contribution in [0.1, 0.15) is 74.7 Å². The number of alkyl halides is 3. The van der Waals surface area contributed by atoms with Crippen LogP contribution in [0, 0.1) is 0 Å². The molecule has 2 heterocycles. The number of amides is 2. The molecule has 222 valence electrons. The molecule has 0 atom stereocenters. The molecule has 1 aromatic heterocycles. The van der Waals surface area contributed by atoms with E-state index in [0.29, 0.717) is 13.1 Å². The van der Waals surface area contributed by atoms with Crippen LogP contribution in [-0.4, -0.2) is 72.3 Å². The zero-order valence-electron chi connectivity index (χ0n) is 23.0. The summed E-state index contributed by atoms with van der Waals surface area (Å²) in [5, 5.41) is 2.57. The van der Waals surface area contributed by atoms with Crippen molar-refractivity contribution in [3.63, 3.8) is 0 Å². The molecule has 3 rings (SSSR count). The van der Waals surface area contributed by atoms with E-state index in [1.807, 2.05) is 0 Å². The van der Waals surface area contributed by atoms with Crippen LogP contribution in [0.3, 0.4) is 0 Å². The first-order valence-electron chi connectivity index (χ1n) is 13.9. The third-order valence-corrected chi connectivity index (χ3v) is 6.62. The summed E-state index contributed by atoms with van der Waals surface area (Å²) in [6, 6.07) is 4.69. The van der Waals surface area contributed by atoms with Gasteiger partial charge in [0.05, 0.1) is 6.54 Å². The maximum atomic E-state index is 12.8. The van der Waals surface area contributed by atoms with E-state index in [-0.39, 0.29) is 42.1 Å². The molecule has 1 fully saturated rings. The van der Waals surface area contributed by atoms with Gasteiger partial charge in [0.25, 0.3) is 11.8 Å². The quantitative estimate of drug-likeness (QED) is 0.279. The summed E-state index contributed by atoms with van der Waals surface area (Å²) in [4.78, 5) is 33.3. The van der Waals surface area contributed by atoms with E-state index in [9.17, 15) is 22.8 Å². The summed E-state index contributed by atoms with van der Waals surface area (Å²) >= 11 is 0. The molecule has 9 nitrogen and oxygen atoms in total. The first-order chi connectivity index (χ1) is 19.2. The molecule has 1 N–H and O–H groups in total. The zero-order valence-corrected chi connectivity index (χ0v) is 23.0. The van der Waals surface area contributed by atoms with E-state index < -0.39 is 12.3 Å². The molecular weight excluding hydrogens is 529 g/mol. The minimum atomic E-state index is -4.78. The summed E-state index contributed by atoms with van der Waals surface area (Å²) in [5.74, 6) is -0.701. The van der Waals surface area contributed by atoms with Crippen LogP contribution in [0.2, 0.25) is 0 Å². The maximum Gasteiger partial charge on any atom is 0.573 e. The highest BCUT2D eigenvalue weighted by Crippen LogP contribution is 2.24. The van der Waals surface area contributed by atoms with Crippen LogP contribution in [0.25, 0.3) is 0 Å². The first-order valence-corrected chi connectivity index (χ1v) is 13.9. The van der Waals surface area contributed by atoms with Gasteiger partial charge in [0.2, 0.25) is 5.89 Å². The second-order valence-corrected chi connectivity index (χ2v) is 9.82. The number of nitrogens with zero attached hydrogens (tertiary/aromatic N) is 3. The Morgan fingerprint density at radius 1 is 0.950 bits per heavy atom. The molecule has 2 amide bonds. The number of halogens is 3. The Kier molecular flexibility index (Phi) is 12.6. The monoisotopic (exact) mass is 568 g/mol. The topological polar surface area (TPSA) is 97.1 Å². The third kappa shape index (κ3) is 11.4. The van der Waals surface area contributed by atoms with E-state index in [1.54, 1.807) is 4.90 Å². The lowest BCUT2D eigenvalue weighted by atomic mass is 10.1. The Hall–Kier alpha value is -3.28. The summed E-state index contributed by atoms with van der Waals surface area (Å²) < 4.78 is 51.1. The molecule has 40 heavy (non-hydrogen) atoms. The normalized spacial score (nSPS) is 14.2. The number of ether oxygens (including phenoxy) is 2. The number of hydrogen-bond acceptors (Lipinski definition) is 7. The van der Waals surface area contributed by atoms with E-state index in [4.69, 9.17) is 9.15 Å². The Labute approximate surface area is 233 Å². The number of unbranched alkanes of at least 4 members (excludes halogenated alkanes) is 7. The second-order valence-electron chi connectivity index (χ2n) is 9.82. The highest BCUT2D eigenvalue weighted by molar-refractivity contribution is 5.92. The number of rotatable bonds is 16. The Morgan fingerprint density at radius 2 is 1.57 bits per heavy atom. The van der Waals surface area contributed by atoms with E-state index in [1.165, 1.54) is 69.8 Å². The molecule has 1 saturated heterocycles. The van der Waals surface area contributed by atoms with Gasteiger partial charge in [0.1, 0.15) is 17.8 Å². The molecular formula is C28H39F3N4O5. The Morgan fingerprint density at radius 3 is 2.23 bits per heavy atom. The molecule has 12 heteroatoms. The largest absolute Gasteiger partial charge is 0.573 e. The van der Waals surface area contributed by atoms with Gasteiger partial charge >= 0.3 is 6.36 Å². The van der Waals surface area contributed by atoms with Gasteiger partial charge in [-0.1, -0.05) is 51.9 Å². The van der Waals surface area contributed by atoms with Crippen molar-refractivity contribution >= 4 is 11.8 Å². The van der Waals surface area contributed by atoms with Crippen LogP contribution in [-0.2, 0) is 11.3 Å². The number of benzene rings is 1. The van der Waals surface area contributed by atoms with E-state index in [2.05, 4.69) is 26.9 Å². The van der Waals surface area contributed by atoms with Crippen LogP contribution in [0.5, 0.6) is 11.5 Å². The first kappa shape index (κ1) is 31.3. The summed E-state index contributed by atoms with van der Waals surface area (Å²) in [5.41, 5.74) is 0.193. The van der Waals surface area contributed by atoms with Gasteiger partial charge in [0, 0.05) is 26.2 Å². The fraction of sp³-hybridized carbons (Fsp3) is 0.607. The smallest absolute Gasteiger partial charge is 0.484 e. The van der Waals surface area contributed by atoms with Crippen LogP contribution < -0.4 is 14.8 Å². The van der Waals surface area contributed by atoms with Crippen molar-refractivity contribution in [3.8, 4) is 11.5 Å². The van der Waals surface area contributed by atoms with Gasteiger partial charge in [-0.15, -0.1) is 13.2 Å². The minimum Gasteiger partial charge on any atom is -0.484 e. The molecule has 1 aliphatic rings. The molecule has 1 aliphatic heterocycles. The van der Waals surface area contributed by atoms with Gasteiger partial charge in [-0.25, -0.2) is 4.98 Å². The van der Waals surface area contributed by atoms with Crippen molar-refractivity contribution in [1.82, 2.24) is 20.1 Å². The van der Waals surface area contributed by atoms with Gasteiger partial charge < -0.3 is 24.1 Å². The molecule has 2 aromatic rings.